The summed E-state index contributed by atoms with van der Waals surface area (Å²) in [6, 6.07) is 2.58. The fourth-order valence-corrected chi connectivity index (χ4v) is 31.7. The van der Waals surface area contributed by atoms with Gasteiger partial charge >= 0.3 is 77.6 Å². The van der Waals surface area contributed by atoms with E-state index in [0.29, 0.717) is 32.3 Å². The molecule has 3 aromatic heterocycles. The normalized spacial score (nSPS) is 36.3. The van der Waals surface area contributed by atoms with Crippen LogP contribution in [0, 0.1) is 174 Å². The van der Waals surface area contributed by atoms with Crippen molar-refractivity contribution in [2.75, 3.05) is 18.6 Å². The minimum Gasteiger partial charge on any atom is -0.870 e. The number of methoxy groups -OCH3 is 2. The molecule has 18 fully saturated rings. The number of nitrogens with one attached hydrogen (secondary N) is 1. The van der Waals surface area contributed by atoms with Crippen molar-refractivity contribution >= 4 is 157 Å². The molecule has 3 aliphatic heterocycles. The molecule has 40 heteroatoms. The predicted molar refractivity (Wildman–Crippen MR) is 468 cm³/mol. The number of nitrogens with zero attached hydrogens (tertiary/aromatic N) is 8. The largest absolute Gasteiger partial charge is 1.00 e. The second kappa shape index (κ2) is 30.0. The molecular weight excluding hydrogens is 1970 g/mol. The van der Waals surface area contributed by atoms with Crippen LogP contribution in [-0.2, 0) is 57.2 Å². The summed E-state index contributed by atoms with van der Waals surface area (Å²) in [5.41, 5.74) is -4.92. The molecule has 0 unspecified atom stereocenters. The van der Waals surface area contributed by atoms with Gasteiger partial charge in [0.05, 0.1) is 73.6 Å². The van der Waals surface area contributed by atoms with E-state index in [1.807, 2.05) is 41.5 Å². The third-order valence-corrected chi connectivity index (χ3v) is 36.5. The zero-order valence-corrected chi connectivity index (χ0v) is 82.5. The number of benzene rings is 3. The standard InChI is InChI=1S/C33H32ClF2N3O6S.C32H30ClF2N3O6S.C24H16ClF2N3O4S.C3H7I.Na.H2O/c1-30(2,3)44-28(41)33-18-15-19(33)17-20(33)16(18)32(15,17)24-14(27(40)43-7)23(12-8-9-13(35)22(36)21(12)34)39(29(42)45-31(4,5)6)25(38-24)26-37-10-11-46-26;1-29(2,3)43-27(41)32-17-14-18(32)16-19(32)15(17)31(14,16)23-13(26(39)40)22(11-7-8-12(34)21(35)20(11)33)38(28(42)44-30(4,5)6)24(37-23)25-36-9-10-45-25;1-34-21(31)8-17(6-2-3-7(26)16(27)15(6)25)29-19(20-28-4-5-35-20)30-18(8)23-9-12-10(23)14-11(23)13(9)24(12,14)22(32)33;1-2-3-4;;/h8-11,15-20,23H,1-7H3;7-10,14-19,22H,1-6H3,(H,39,40);2-5,9-14,17H,1H3,(H,29,30)(H,32,33);2-3H2,1H3;;1H2/q;;;;+1;/p-1/t15?,16?,17?,18?,19?,20?,23-,32?,33?;14?,15?,16?,17?,18?,19?,22-,31?,32?;9?,10?,11?,12?,13?,14?,17-,23?,24?;;;/m111.../s1. The van der Waals surface area contributed by atoms with Gasteiger partial charge in [0, 0.05) is 73.4 Å². The zero-order valence-electron chi connectivity index (χ0n) is 73.6. The maximum atomic E-state index is 15.1. The van der Waals surface area contributed by atoms with Crippen molar-refractivity contribution in [1.29, 1.82) is 0 Å². The first-order chi connectivity index (χ1) is 61.3. The average Bonchev–Trinajstić information content (AvgIpc) is 0.571. The van der Waals surface area contributed by atoms with Crippen LogP contribution in [0.2, 0.25) is 15.1 Å². The van der Waals surface area contributed by atoms with Gasteiger partial charge in [-0.05, 0) is 219 Å². The van der Waals surface area contributed by atoms with Crippen LogP contribution in [0.3, 0.4) is 0 Å². The number of esters is 4. The summed E-state index contributed by atoms with van der Waals surface area (Å²) in [6.07, 6.45) is 4.19. The fraction of sp³-hybridized carbons (Fsp3) is 0.522. The first kappa shape index (κ1) is 93.1. The van der Waals surface area contributed by atoms with Crippen LogP contribution in [0.5, 0.6) is 0 Å². The number of allylic oxidation sites excluding steroid dienone is 3. The van der Waals surface area contributed by atoms with Gasteiger partial charge in [-0.25, -0.2) is 85.1 Å². The Balaban J connectivity index is 0.000000125. The molecule has 26 nitrogen and oxygen atoms in total. The number of hydrogen-bond acceptors (Lipinski definition) is 25. The number of amides is 2. The summed E-state index contributed by atoms with van der Waals surface area (Å²) in [5.74, 6) is -8.83. The quantitative estimate of drug-likeness (QED) is 0.0154. The molecule has 27 rings (SSSR count). The summed E-state index contributed by atoms with van der Waals surface area (Å²) in [7, 11) is 2.47. The molecule has 2 amide bonds. The van der Waals surface area contributed by atoms with E-state index < -0.39 is 154 Å². The number of alkyl halides is 1. The maximum Gasteiger partial charge on any atom is 1.00 e. The molecule has 3 atom stereocenters. The molecule has 0 saturated heterocycles. The average molecular weight is 2060 g/mol. The molecule has 3 aromatic carbocycles. The molecule has 132 heavy (non-hydrogen) atoms. The number of aromatic nitrogens is 3. The summed E-state index contributed by atoms with van der Waals surface area (Å²) in [6.45, 7) is 23.3. The second-order valence-corrected chi connectivity index (χ2v) is 45.7. The van der Waals surface area contributed by atoms with Crippen molar-refractivity contribution in [2.24, 2.45) is 154 Å². The minimum absolute atomic E-state index is 0. The van der Waals surface area contributed by atoms with Gasteiger partial charge in [0.1, 0.15) is 40.5 Å². The van der Waals surface area contributed by atoms with Crippen LogP contribution in [0.25, 0.3) is 0 Å². The van der Waals surface area contributed by atoms with Gasteiger partial charge in [-0.1, -0.05) is 82.5 Å². The summed E-state index contributed by atoms with van der Waals surface area (Å²) < 4.78 is 122. The third-order valence-electron chi connectivity index (χ3n) is 31.9. The van der Waals surface area contributed by atoms with Crippen molar-refractivity contribution in [1.82, 2.24) is 30.1 Å². The van der Waals surface area contributed by atoms with Gasteiger partial charge in [0.25, 0.3) is 0 Å². The molecule has 0 spiro atoms. The van der Waals surface area contributed by atoms with Crippen LogP contribution >= 0.6 is 91.4 Å². The summed E-state index contributed by atoms with van der Waals surface area (Å²) in [4.78, 5) is 137. The number of carbonyl (C=O) groups excluding carboxylic acids is 6. The Hall–Kier alpha value is -7.92. The molecular formula is C92H86Cl3F6IN9NaO17S3. The van der Waals surface area contributed by atoms with Crippen molar-refractivity contribution in [3.8, 4) is 0 Å². The van der Waals surface area contributed by atoms with E-state index in [2.05, 4.69) is 49.8 Å². The maximum absolute atomic E-state index is 15.1. The zero-order chi connectivity index (χ0) is 93.0. The van der Waals surface area contributed by atoms with E-state index in [1.54, 1.807) is 70.1 Å². The molecule has 18 saturated carbocycles. The predicted octanol–water partition coefficient (Wildman–Crippen LogP) is 14.6. The first-order valence-electron chi connectivity index (χ1n) is 42.8. The summed E-state index contributed by atoms with van der Waals surface area (Å²) in [5, 5.41) is 28.8. The number of carbonyl (C=O) groups is 8. The van der Waals surface area contributed by atoms with E-state index >= 15 is 8.78 Å². The van der Waals surface area contributed by atoms with Crippen LogP contribution in [0.1, 0.15) is 146 Å². The number of carboxylic acids is 2. The third kappa shape index (κ3) is 10.9. The topological polar surface area (TPSA) is 357 Å². The number of ether oxygens (including phenoxy) is 6. The molecule has 4 N–H and O–H groups in total. The van der Waals surface area contributed by atoms with E-state index in [-0.39, 0.29) is 210 Å². The van der Waals surface area contributed by atoms with Gasteiger partial charge in [0.15, 0.2) is 67.4 Å². The SMILES string of the molecule is CC(C)(C)OC(=O)N1C(c2nccs2)=NC(C23C4C5C2C2C3C4C52C(=O)OC(C)(C)C)=C(C(=O)O)[C@H]1c1ccc(F)c(F)c1Cl.CCCI.COC(=O)C1=C(C23C4C5C2C2C3C4C52C(=O)O)NC(c2nccs2)=N[C@@H]1c1ccc(F)c(F)c1Cl.COC(=O)C1=C(C23C4C5C2C2C3C4C52C(=O)OC(C)(C)C)N=C(c2nccs2)N(C(=O)OC(C)(C)C)[C@@H]1c1ccc(F)c(F)c1Cl.[Na+].[OH-]. The van der Waals surface area contributed by atoms with Crippen molar-refractivity contribution in [2.45, 2.75) is 137 Å². The molecule has 6 heterocycles. The van der Waals surface area contributed by atoms with Crippen molar-refractivity contribution in [3.63, 3.8) is 0 Å². The molecule has 6 aromatic rings. The Morgan fingerprint density at radius 3 is 1.11 bits per heavy atom. The Morgan fingerprint density at radius 1 is 0.470 bits per heavy atom. The Morgan fingerprint density at radius 2 is 0.788 bits per heavy atom. The molecule has 690 valence electrons. The van der Waals surface area contributed by atoms with Gasteiger partial charge in [-0.15, -0.1) is 34.0 Å². The van der Waals surface area contributed by atoms with E-state index in [0.717, 1.165) is 28.0 Å². The van der Waals surface area contributed by atoms with E-state index in [1.165, 1.54) is 83.5 Å². The van der Waals surface area contributed by atoms with E-state index in [9.17, 15) is 66.1 Å². The van der Waals surface area contributed by atoms with Gasteiger partial charge < -0.3 is 49.4 Å². The van der Waals surface area contributed by atoms with Crippen LogP contribution in [0.15, 0.2) is 120 Å². The fourth-order valence-electron chi connectivity index (χ4n) is 29.1. The minimum atomic E-state index is -1.51. The number of rotatable bonds is 16. The molecule has 0 radical (unpaired) electrons. The Labute approximate surface area is 814 Å². The van der Waals surface area contributed by atoms with Crippen LogP contribution in [0.4, 0.5) is 35.9 Å². The number of aliphatic carboxylic acids is 2. The van der Waals surface area contributed by atoms with Gasteiger partial charge in [-0.3, -0.25) is 19.4 Å². The monoisotopic (exact) mass is 2050 g/mol. The molecule has 0 bridgehead atoms. The number of hydrogen-bond donors (Lipinski definition) is 3. The number of thiazole rings is 3. The van der Waals surface area contributed by atoms with Crippen molar-refractivity contribution in [3.05, 3.63) is 187 Å². The first-order valence-corrected chi connectivity index (χ1v) is 48.1. The number of halogens is 10. The Kier molecular flexibility index (Phi) is 21.2. The van der Waals surface area contributed by atoms with Crippen LogP contribution in [-0.4, -0.2) is 147 Å². The summed E-state index contributed by atoms with van der Waals surface area (Å²) >= 11 is 25.2. The van der Waals surface area contributed by atoms with Gasteiger partial charge in [-0.2, -0.15) is 0 Å². The Bertz CT molecular complexity index is 6180. The van der Waals surface area contributed by atoms with Gasteiger partial charge in [0.2, 0.25) is 0 Å². The van der Waals surface area contributed by atoms with Crippen molar-refractivity contribution < 1.29 is 138 Å². The smallest absolute Gasteiger partial charge is 0.870 e. The van der Waals surface area contributed by atoms with E-state index in [4.69, 9.17) is 78.2 Å². The number of carboxylic acid groups (broad SMARTS) is 2. The molecule has 18 aliphatic carbocycles. The number of aliphatic imine (C=N–C) groups is 3. The van der Waals surface area contributed by atoms with Crippen LogP contribution < -0.4 is 34.9 Å². The second-order valence-electron chi connectivity index (χ2n) is 40.8. The number of amidine groups is 3. The molecule has 21 aliphatic rings.